The second kappa shape index (κ2) is 32.6. The van der Waals surface area contributed by atoms with E-state index in [0.29, 0.717) is 30.4 Å². The van der Waals surface area contributed by atoms with Crippen molar-refractivity contribution in [1.82, 2.24) is 55.1 Å². The van der Waals surface area contributed by atoms with Gasteiger partial charge in [0.15, 0.2) is 0 Å². The molecule has 0 unspecified atom stereocenters. The van der Waals surface area contributed by atoms with Crippen LogP contribution in [-0.4, -0.2) is 228 Å². The minimum atomic E-state index is -4.61. The number of nitrogens with one attached hydrogen (secondary N) is 3. The molecule has 0 radical (unpaired) electrons. The minimum Gasteiger partial charge on any atom is -0.351 e. The summed E-state index contributed by atoms with van der Waals surface area (Å²) in [7, 11) is 9.77. The number of likely N-dealkylation sites (N-methyl/N-ethyl adjacent to an activating group) is 7. The first-order valence-electron chi connectivity index (χ1n) is 30.3. The minimum absolute atomic E-state index is 0.00423. The lowest BCUT2D eigenvalue weighted by Gasteiger charge is -2.37. The molecule has 2 aliphatic heterocycles. The summed E-state index contributed by atoms with van der Waals surface area (Å²) in [5.41, 5.74) is 0.193. The number of carbonyl (C=O) groups excluding carboxylic acids is 11. The molecule has 4 rings (SSSR count). The van der Waals surface area contributed by atoms with E-state index in [9.17, 15) is 51.5 Å². The molecule has 0 aromatic heterocycles. The van der Waals surface area contributed by atoms with Crippen LogP contribution in [0.4, 0.5) is 13.2 Å². The van der Waals surface area contributed by atoms with Crippen LogP contribution in [0.25, 0.3) is 0 Å². The molecule has 22 nitrogen and oxygen atoms in total. The van der Waals surface area contributed by atoms with Crippen LogP contribution in [0.15, 0.2) is 54.6 Å². The van der Waals surface area contributed by atoms with Gasteiger partial charge in [-0.1, -0.05) is 96.8 Å². The van der Waals surface area contributed by atoms with Crippen molar-refractivity contribution in [3.63, 3.8) is 0 Å². The zero-order valence-corrected chi connectivity index (χ0v) is 53.9. The van der Waals surface area contributed by atoms with Crippen molar-refractivity contribution in [2.45, 2.75) is 168 Å². The highest BCUT2D eigenvalue weighted by Crippen LogP contribution is 2.30. The molecule has 3 N–H and O–H groups in total. The van der Waals surface area contributed by atoms with Gasteiger partial charge in [0.05, 0.1) is 25.2 Å². The quantitative estimate of drug-likeness (QED) is 0.293. The molecule has 488 valence electrons. The summed E-state index contributed by atoms with van der Waals surface area (Å²) in [6.45, 7) is 12.3. The van der Waals surface area contributed by atoms with Crippen LogP contribution in [0.3, 0.4) is 0 Å². The number of alkyl halides is 3. The van der Waals surface area contributed by atoms with E-state index in [1.807, 2.05) is 20.8 Å². The third-order valence-electron chi connectivity index (χ3n) is 17.2. The maximum Gasteiger partial charge on any atom is 0.416 e. The van der Waals surface area contributed by atoms with E-state index < -0.39 is 157 Å². The SMILES string of the molecule is CC[C@H](C)[C@@H]1NC(=O)[C@H](C)N(C)C(=O)C[C@@H](C)NC(=O)[C@H](CC(C)C)N(C)C(=O)[C@H](Cc2ccccc2)N(C)C(=O)[C@@H]2CCCN2C(=O)[C@H](CCc2ccc(C(F)(F)F)cc2)NC(=O)CN(C)C(=O)[C@H]([C@@H](C)CC)N(C)C(=O)CN(C)C(=O)CN(C)C1=O. The zero-order chi connectivity index (χ0) is 66.2. The largest absolute Gasteiger partial charge is 0.416 e. The first-order valence-corrected chi connectivity index (χ1v) is 30.3. The fourth-order valence-corrected chi connectivity index (χ4v) is 10.9. The summed E-state index contributed by atoms with van der Waals surface area (Å²) in [6, 6.07) is 4.10. The van der Waals surface area contributed by atoms with Gasteiger partial charge < -0.3 is 55.1 Å². The van der Waals surface area contributed by atoms with Gasteiger partial charge in [-0.05, 0) is 87.0 Å². The van der Waals surface area contributed by atoms with Crippen LogP contribution in [0.1, 0.15) is 117 Å². The molecule has 10 atom stereocenters. The van der Waals surface area contributed by atoms with Crippen molar-refractivity contribution in [2.75, 3.05) is 75.5 Å². The predicted molar refractivity (Wildman–Crippen MR) is 324 cm³/mol. The van der Waals surface area contributed by atoms with Crippen molar-refractivity contribution >= 4 is 65.0 Å². The third kappa shape index (κ3) is 19.4. The number of aryl methyl sites for hydroxylation is 1. The fourth-order valence-electron chi connectivity index (χ4n) is 10.9. The van der Waals surface area contributed by atoms with E-state index >= 15 is 14.4 Å². The molecule has 11 amide bonds. The third-order valence-corrected chi connectivity index (χ3v) is 17.2. The predicted octanol–water partition coefficient (Wildman–Crippen LogP) is 3.59. The number of nitrogens with zero attached hydrogens (tertiary/aromatic N) is 8. The molecule has 0 bridgehead atoms. The van der Waals surface area contributed by atoms with Gasteiger partial charge in [-0.2, -0.15) is 13.2 Å². The zero-order valence-electron chi connectivity index (χ0n) is 53.9. The Morgan fingerprint density at radius 3 is 1.73 bits per heavy atom. The van der Waals surface area contributed by atoms with Gasteiger partial charge in [0, 0.05) is 74.8 Å². The van der Waals surface area contributed by atoms with Crippen LogP contribution in [0.2, 0.25) is 0 Å². The first kappa shape index (κ1) is 72.9. The van der Waals surface area contributed by atoms with Crippen molar-refractivity contribution in [1.29, 1.82) is 0 Å². The molecule has 2 saturated heterocycles. The Kier molecular flexibility index (Phi) is 27.0. The topological polar surface area (TPSA) is 250 Å². The number of amides is 11. The Labute approximate surface area is 516 Å². The van der Waals surface area contributed by atoms with Crippen molar-refractivity contribution in [2.24, 2.45) is 17.8 Å². The Morgan fingerprint density at radius 1 is 0.568 bits per heavy atom. The van der Waals surface area contributed by atoms with Gasteiger partial charge in [-0.25, -0.2) is 0 Å². The van der Waals surface area contributed by atoms with Crippen molar-refractivity contribution in [3.8, 4) is 0 Å². The maximum atomic E-state index is 15.1. The highest BCUT2D eigenvalue weighted by molar-refractivity contribution is 5.98. The molecule has 88 heavy (non-hydrogen) atoms. The van der Waals surface area contributed by atoms with Crippen LogP contribution in [0, 0.1) is 17.8 Å². The summed E-state index contributed by atoms with van der Waals surface area (Å²) >= 11 is 0. The molecule has 2 aliphatic rings. The molecule has 2 fully saturated rings. The summed E-state index contributed by atoms with van der Waals surface area (Å²) in [4.78, 5) is 167. The molecular formula is C63H94F3N11O11. The lowest BCUT2D eigenvalue weighted by molar-refractivity contribution is -0.152. The molecule has 0 aliphatic carbocycles. The number of carbonyl (C=O) groups is 11. The van der Waals surface area contributed by atoms with E-state index in [0.717, 1.165) is 26.8 Å². The number of rotatable bonds is 11. The summed E-state index contributed by atoms with van der Waals surface area (Å²) in [6.07, 6.45) is -3.56. The number of halogens is 3. The lowest BCUT2D eigenvalue weighted by atomic mass is 9.96. The van der Waals surface area contributed by atoms with Crippen LogP contribution >= 0.6 is 0 Å². The molecule has 2 aromatic rings. The number of benzene rings is 2. The van der Waals surface area contributed by atoms with Gasteiger partial charge in [-0.15, -0.1) is 0 Å². The number of hydrogen-bond donors (Lipinski definition) is 3. The van der Waals surface area contributed by atoms with Gasteiger partial charge >= 0.3 is 6.18 Å². The Balaban J connectivity index is 1.81. The van der Waals surface area contributed by atoms with E-state index in [4.69, 9.17) is 0 Å². The Hall–Kier alpha value is -7.60. The summed E-state index contributed by atoms with van der Waals surface area (Å²) in [5.74, 6) is -8.17. The smallest absolute Gasteiger partial charge is 0.351 e. The van der Waals surface area contributed by atoms with Crippen LogP contribution in [-0.2, 0) is 71.8 Å². The summed E-state index contributed by atoms with van der Waals surface area (Å²) in [5, 5.41) is 8.38. The number of hydrogen-bond acceptors (Lipinski definition) is 11. The van der Waals surface area contributed by atoms with E-state index in [1.54, 1.807) is 58.0 Å². The Morgan fingerprint density at radius 2 is 1.15 bits per heavy atom. The molecule has 0 spiro atoms. The second-order valence-electron chi connectivity index (χ2n) is 24.4. The maximum absolute atomic E-state index is 15.1. The van der Waals surface area contributed by atoms with E-state index in [-0.39, 0.29) is 51.0 Å². The van der Waals surface area contributed by atoms with Crippen molar-refractivity contribution < 1.29 is 65.9 Å². The molecule has 0 saturated carbocycles. The monoisotopic (exact) mass is 1240 g/mol. The van der Waals surface area contributed by atoms with Gasteiger partial charge in [0.25, 0.3) is 0 Å². The van der Waals surface area contributed by atoms with Crippen molar-refractivity contribution in [3.05, 3.63) is 71.3 Å². The van der Waals surface area contributed by atoms with Gasteiger partial charge in [-0.3, -0.25) is 52.7 Å². The second-order valence-corrected chi connectivity index (χ2v) is 24.4. The van der Waals surface area contributed by atoms with Gasteiger partial charge in [0.2, 0.25) is 65.0 Å². The van der Waals surface area contributed by atoms with Crippen LogP contribution < -0.4 is 16.0 Å². The molecule has 25 heteroatoms. The molecule has 2 heterocycles. The molecule has 2 aromatic carbocycles. The van der Waals surface area contributed by atoms with E-state index in [2.05, 4.69) is 16.0 Å². The first-order chi connectivity index (χ1) is 41.1. The Bertz CT molecular complexity index is 2790. The lowest BCUT2D eigenvalue weighted by Crippen LogP contribution is -2.59. The van der Waals surface area contributed by atoms with Crippen LogP contribution in [0.5, 0.6) is 0 Å². The average Bonchev–Trinajstić information content (AvgIpc) is 2.68. The summed E-state index contributed by atoms with van der Waals surface area (Å²) < 4.78 is 40.7. The van der Waals surface area contributed by atoms with Gasteiger partial charge in [0.1, 0.15) is 42.3 Å². The highest BCUT2D eigenvalue weighted by Gasteiger charge is 2.44. The highest BCUT2D eigenvalue weighted by atomic mass is 19.4. The van der Waals surface area contributed by atoms with E-state index in [1.165, 1.54) is 92.9 Å². The normalized spacial score (nSPS) is 25.2. The average molecular weight is 1240 g/mol. The standard InChI is InChI=1S/C63H94F3N11O11/c1-16-39(5)54-61(87)72(11)36-52(80)70(9)37-53(81)76(15)55(40(6)17-2)62(88)71(10)35-50(78)68-46(30-27-43-25-28-45(29-26-43)63(64,65)66)58(84)77-31-21-24-47(77)59(85)75(14)49(34-44-22-19-18-20-23-44)60(86)74(13)48(32-38(3)4)57(83)67-41(7)33-51(79)73(12)42(8)56(82)69-54/h18-20,22-23,25-26,28-29,38-42,46-49,54-55H,16-17,21,24,27,30-37H2,1-15H3,(H,67,83)(H,68,78)(H,69,82)/t39-,40-,41+,42-,46-,47-,48-,49-,54-,55-/m0/s1. The fraction of sp³-hybridized carbons (Fsp3) is 0.635. The molecular weight excluding hydrogens is 1140 g/mol. The number of fused-ring (bicyclic) bond motifs is 1.